The number of rotatable bonds is 6. The van der Waals surface area contributed by atoms with Gasteiger partial charge in [-0.05, 0) is 42.9 Å². The van der Waals surface area contributed by atoms with Gasteiger partial charge in [0.25, 0.3) is 0 Å². The van der Waals surface area contributed by atoms with Crippen LogP contribution in [0.25, 0.3) is 10.6 Å². The van der Waals surface area contributed by atoms with Crippen molar-refractivity contribution < 1.29 is 9.90 Å². The summed E-state index contributed by atoms with van der Waals surface area (Å²) in [6.45, 7) is 3.21. The van der Waals surface area contributed by atoms with Crippen LogP contribution in [0.2, 0.25) is 0 Å². The molecule has 0 amide bonds. The summed E-state index contributed by atoms with van der Waals surface area (Å²) in [5.74, 6) is -0.858. The molecule has 140 valence electrons. The summed E-state index contributed by atoms with van der Waals surface area (Å²) in [7, 11) is 0. The van der Waals surface area contributed by atoms with Crippen molar-refractivity contribution in [1.29, 1.82) is 0 Å². The van der Waals surface area contributed by atoms with Crippen molar-refractivity contribution in [1.82, 2.24) is 14.7 Å². The van der Waals surface area contributed by atoms with E-state index in [1.54, 1.807) is 11.3 Å². The fourth-order valence-corrected chi connectivity index (χ4v) is 4.37. The van der Waals surface area contributed by atoms with E-state index in [9.17, 15) is 9.90 Å². The lowest BCUT2D eigenvalue weighted by Gasteiger charge is -2.29. The summed E-state index contributed by atoms with van der Waals surface area (Å²) in [5, 5.41) is 16.1. The number of aromatic nitrogens is 2. The highest BCUT2D eigenvalue weighted by Crippen LogP contribution is 2.29. The average molecular weight is 382 g/mol. The summed E-state index contributed by atoms with van der Waals surface area (Å²) < 4.78 is 2.02. The number of hydrogen-bond acceptors (Lipinski definition) is 4. The number of carbonyl (C=O) groups is 1. The van der Waals surface area contributed by atoms with E-state index < -0.39 is 5.97 Å². The van der Waals surface area contributed by atoms with Gasteiger partial charge < -0.3 is 5.11 Å². The number of carboxylic acids is 1. The van der Waals surface area contributed by atoms with Crippen molar-refractivity contribution >= 4 is 17.3 Å². The largest absolute Gasteiger partial charge is 0.481 e. The summed E-state index contributed by atoms with van der Waals surface area (Å²) in [6.07, 6.45) is 3.59. The Hall–Kier alpha value is -2.44. The van der Waals surface area contributed by atoms with Crippen LogP contribution in [-0.2, 0) is 17.9 Å². The average Bonchev–Trinajstić information content (AvgIpc) is 3.33. The molecular formula is C21H23N3O2S. The van der Waals surface area contributed by atoms with Crippen molar-refractivity contribution in [2.45, 2.75) is 25.9 Å². The molecule has 0 aliphatic carbocycles. The molecule has 1 aromatic carbocycles. The van der Waals surface area contributed by atoms with Crippen LogP contribution in [0.4, 0.5) is 0 Å². The lowest BCUT2D eigenvalue weighted by atomic mass is 9.97. The van der Waals surface area contributed by atoms with Gasteiger partial charge in [0.05, 0.1) is 17.3 Å². The molecule has 3 heterocycles. The number of benzene rings is 1. The highest BCUT2D eigenvalue weighted by molar-refractivity contribution is 7.13. The van der Waals surface area contributed by atoms with Crippen LogP contribution in [0, 0.1) is 5.92 Å². The monoisotopic (exact) mass is 381 g/mol. The molecule has 0 atom stereocenters. The van der Waals surface area contributed by atoms with Crippen molar-refractivity contribution in [3.63, 3.8) is 0 Å². The Bertz CT molecular complexity index is 882. The number of carboxylic acid groups (broad SMARTS) is 1. The zero-order valence-corrected chi connectivity index (χ0v) is 15.9. The van der Waals surface area contributed by atoms with Crippen LogP contribution >= 0.6 is 11.3 Å². The fraction of sp³-hybridized carbons (Fsp3) is 0.333. The number of aliphatic carboxylic acids is 1. The van der Waals surface area contributed by atoms with Crippen molar-refractivity contribution in [3.8, 4) is 10.6 Å². The summed E-state index contributed by atoms with van der Waals surface area (Å²) in [6, 6.07) is 14.5. The van der Waals surface area contributed by atoms with Crippen molar-refractivity contribution in [2.75, 3.05) is 13.1 Å². The van der Waals surface area contributed by atoms with E-state index in [-0.39, 0.29) is 5.92 Å². The zero-order valence-electron chi connectivity index (χ0n) is 15.1. The molecule has 27 heavy (non-hydrogen) atoms. The molecule has 1 fully saturated rings. The van der Waals surface area contributed by atoms with E-state index in [1.807, 2.05) is 22.9 Å². The first-order valence-corrected chi connectivity index (χ1v) is 10.2. The number of nitrogens with zero attached hydrogens (tertiary/aromatic N) is 3. The normalized spacial score (nSPS) is 15.9. The Morgan fingerprint density at radius 2 is 1.89 bits per heavy atom. The van der Waals surface area contributed by atoms with Crippen molar-refractivity contribution in [2.24, 2.45) is 5.92 Å². The summed E-state index contributed by atoms with van der Waals surface area (Å²) in [4.78, 5) is 14.7. The van der Waals surface area contributed by atoms with Gasteiger partial charge in [-0.25, -0.2) is 0 Å². The molecule has 0 spiro atoms. The number of thiophene rings is 1. The molecule has 5 nitrogen and oxygen atoms in total. The molecular weight excluding hydrogens is 358 g/mol. The van der Waals surface area contributed by atoms with Crippen LogP contribution < -0.4 is 0 Å². The minimum absolute atomic E-state index is 0.196. The lowest BCUT2D eigenvalue weighted by Crippen LogP contribution is -2.35. The van der Waals surface area contributed by atoms with E-state index in [1.165, 1.54) is 16.0 Å². The number of piperidine rings is 1. The first-order chi connectivity index (χ1) is 13.2. The maximum Gasteiger partial charge on any atom is 0.306 e. The van der Waals surface area contributed by atoms with Gasteiger partial charge in [-0.3, -0.25) is 14.4 Å². The number of hydrogen-bond donors (Lipinski definition) is 1. The van der Waals surface area contributed by atoms with Gasteiger partial charge >= 0.3 is 5.97 Å². The molecule has 1 N–H and O–H groups in total. The van der Waals surface area contributed by atoms with Crippen LogP contribution in [0.1, 0.15) is 24.0 Å². The van der Waals surface area contributed by atoms with Gasteiger partial charge in [0, 0.05) is 18.3 Å². The van der Waals surface area contributed by atoms with Gasteiger partial charge in [0.15, 0.2) is 0 Å². The molecule has 1 aliphatic heterocycles. The quantitative estimate of drug-likeness (QED) is 0.702. The third-order valence-electron chi connectivity index (χ3n) is 5.11. The molecule has 0 unspecified atom stereocenters. The van der Waals surface area contributed by atoms with Crippen LogP contribution in [0.15, 0.2) is 54.0 Å². The lowest BCUT2D eigenvalue weighted by molar-refractivity contribution is -0.143. The minimum Gasteiger partial charge on any atom is -0.481 e. The van der Waals surface area contributed by atoms with Crippen LogP contribution in [-0.4, -0.2) is 38.8 Å². The van der Waals surface area contributed by atoms with Gasteiger partial charge in [-0.15, -0.1) is 11.3 Å². The first kappa shape index (κ1) is 17.9. The predicted molar refractivity (Wildman–Crippen MR) is 107 cm³/mol. The van der Waals surface area contributed by atoms with Gasteiger partial charge in [0.1, 0.15) is 5.69 Å². The fourth-order valence-electron chi connectivity index (χ4n) is 3.63. The SMILES string of the molecule is O=C(O)C1CCN(Cc2cn(Cc3ccccc3)nc2-c2cccs2)CC1. The van der Waals surface area contributed by atoms with Crippen LogP contribution in [0.3, 0.4) is 0 Å². The second kappa shape index (κ2) is 8.06. The van der Waals surface area contributed by atoms with E-state index in [4.69, 9.17) is 5.10 Å². The smallest absolute Gasteiger partial charge is 0.306 e. The maximum atomic E-state index is 11.2. The van der Waals surface area contributed by atoms with Crippen LogP contribution in [0.5, 0.6) is 0 Å². The molecule has 4 rings (SSSR count). The minimum atomic E-state index is -0.662. The topological polar surface area (TPSA) is 58.4 Å². The molecule has 0 radical (unpaired) electrons. The Labute approximate surface area is 162 Å². The third kappa shape index (κ3) is 4.28. The standard InChI is InChI=1S/C21H23N3O2S/c25-21(26)17-8-10-23(11-9-17)14-18-15-24(13-16-5-2-1-3-6-16)22-20(18)19-7-4-12-27-19/h1-7,12,15,17H,8-11,13-14H2,(H,25,26). The summed E-state index contributed by atoms with van der Waals surface area (Å²) >= 11 is 1.70. The molecule has 2 aromatic heterocycles. The molecule has 1 aliphatic rings. The number of likely N-dealkylation sites (tertiary alicyclic amines) is 1. The molecule has 3 aromatic rings. The Morgan fingerprint density at radius 3 is 2.56 bits per heavy atom. The van der Waals surface area contributed by atoms with E-state index in [2.05, 4.69) is 40.7 Å². The predicted octanol–water partition coefficient (Wildman–Crippen LogP) is 3.96. The van der Waals surface area contributed by atoms with E-state index in [0.29, 0.717) is 0 Å². The van der Waals surface area contributed by atoms with Gasteiger partial charge in [-0.2, -0.15) is 5.10 Å². The Kier molecular flexibility index (Phi) is 5.36. The van der Waals surface area contributed by atoms with E-state index >= 15 is 0 Å². The second-order valence-electron chi connectivity index (χ2n) is 7.05. The second-order valence-corrected chi connectivity index (χ2v) is 8.00. The summed E-state index contributed by atoms with van der Waals surface area (Å²) in [5.41, 5.74) is 3.48. The highest BCUT2D eigenvalue weighted by atomic mass is 32.1. The van der Waals surface area contributed by atoms with Crippen molar-refractivity contribution in [3.05, 3.63) is 65.2 Å². The molecule has 6 heteroatoms. The maximum absolute atomic E-state index is 11.2. The Balaban J connectivity index is 1.53. The molecule has 0 saturated carbocycles. The first-order valence-electron chi connectivity index (χ1n) is 9.28. The van der Waals surface area contributed by atoms with E-state index in [0.717, 1.165) is 44.7 Å². The molecule has 0 bridgehead atoms. The molecule has 1 saturated heterocycles. The highest BCUT2D eigenvalue weighted by Gasteiger charge is 2.25. The zero-order chi connectivity index (χ0) is 18.6. The Morgan fingerprint density at radius 1 is 1.11 bits per heavy atom. The van der Waals surface area contributed by atoms with Gasteiger partial charge in [-0.1, -0.05) is 36.4 Å². The van der Waals surface area contributed by atoms with Gasteiger partial charge in [0.2, 0.25) is 0 Å². The third-order valence-corrected chi connectivity index (χ3v) is 5.99.